The predicted molar refractivity (Wildman–Crippen MR) is 120 cm³/mol. The summed E-state index contributed by atoms with van der Waals surface area (Å²) in [4.78, 5) is 24.7. The summed E-state index contributed by atoms with van der Waals surface area (Å²) in [5, 5.41) is 23.7. The number of carbonyl (C=O) groups is 2. The van der Waals surface area contributed by atoms with Crippen molar-refractivity contribution in [2.24, 2.45) is 0 Å². The van der Waals surface area contributed by atoms with Gasteiger partial charge in [-0.15, -0.1) is 43.9 Å². The predicted octanol–water partition coefficient (Wildman–Crippen LogP) is 3.61. The summed E-state index contributed by atoms with van der Waals surface area (Å²) < 4.78 is 0. The van der Waals surface area contributed by atoms with Crippen LogP contribution >= 0.6 is 46.2 Å². The van der Waals surface area contributed by atoms with Gasteiger partial charge >= 0.3 is 0 Å². The summed E-state index contributed by atoms with van der Waals surface area (Å²) in [6.07, 6.45) is 1.46. The van der Waals surface area contributed by atoms with Crippen LogP contribution in [0.4, 0.5) is 10.3 Å². The number of nitrogens with zero attached hydrogens (tertiary/aromatic N) is 4. The zero-order valence-corrected chi connectivity index (χ0v) is 19.5. The summed E-state index contributed by atoms with van der Waals surface area (Å²) in [5.41, 5.74) is 0. The number of hydrogen-bond acceptors (Lipinski definition) is 10. The molecule has 8 nitrogen and oxygen atoms in total. The van der Waals surface area contributed by atoms with Crippen LogP contribution in [0.3, 0.4) is 0 Å². The van der Waals surface area contributed by atoms with Gasteiger partial charge in [-0.1, -0.05) is 36.5 Å². The second-order valence-corrected chi connectivity index (χ2v) is 10.8. The molecule has 154 valence electrons. The maximum Gasteiger partial charge on any atom is 0.239 e. The van der Waals surface area contributed by atoms with Crippen molar-refractivity contribution in [2.45, 2.75) is 51.0 Å². The minimum Gasteiger partial charge on any atom is -0.300 e. The van der Waals surface area contributed by atoms with Crippen LogP contribution in [-0.2, 0) is 9.59 Å². The summed E-state index contributed by atoms with van der Waals surface area (Å²) >= 11 is 5.93. The van der Waals surface area contributed by atoms with Crippen molar-refractivity contribution < 1.29 is 9.59 Å². The Hall–Kier alpha value is -1.24. The number of hydrogen-bond donors (Lipinski definition) is 2. The SMILES string of the molecule is CC[C@@H](SCCS[C@H](CC)C(=O)Nc1nnc(C)s1)C(=O)Nc1nnc(C)s1. The van der Waals surface area contributed by atoms with Crippen LogP contribution in [0.5, 0.6) is 0 Å². The first-order valence-corrected chi connectivity index (χ1v) is 12.6. The fraction of sp³-hybridized carbons (Fsp3) is 0.625. The summed E-state index contributed by atoms with van der Waals surface area (Å²) in [5.74, 6) is 1.47. The average Bonchev–Trinajstić information content (AvgIpc) is 3.25. The topological polar surface area (TPSA) is 110 Å². The maximum absolute atomic E-state index is 12.4. The molecule has 2 N–H and O–H groups in total. The standard InChI is InChI=1S/C16H24N6O2S4/c1-5-11(13(23)17-15-21-19-9(3)27-15)25-7-8-26-12(6-2)14(24)18-16-22-20-10(4)28-16/h11-12H,5-8H2,1-4H3,(H,17,21,23)(H,18,22,24)/t11-,12-/m1/s1. The molecule has 0 saturated carbocycles. The molecule has 12 heteroatoms. The van der Waals surface area contributed by atoms with Crippen molar-refractivity contribution in [1.29, 1.82) is 0 Å². The molecule has 0 aliphatic carbocycles. The summed E-state index contributed by atoms with van der Waals surface area (Å²) in [6, 6.07) is 0. The van der Waals surface area contributed by atoms with Gasteiger partial charge in [0, 0.05) is 11.5 Å². The fourth-order valence-corrected chi connectivity index (χ4v) is 5.62. The van der Waals surface area contributed by atoms with E-state index in [9.17, 15) is 9.59 Å². The molecule has 0 aliphatic heterocycles. The Balaban J connectivity index is 1.73. The van der Waals surface area contributed by atoms with Crippen LogP contribution in [-0.4, -0.2) is 54.2 Å². The molecular weight excluding hydrogens is 436 g/mol. The number of aromatic nitrogens is 4. The van der Waals surface area contributed by atoms with Gasteiger partial charge in [-0.3, -0.25) is 20.2 Å². The van der Waals surface area contributed by atoms with Crippen molar-refractivity contribution >= 4 is 68.3 Å². The Kier molecular flexibility index (Phi) is 9.62. The van der Waals surface area contributed by atoms with Crippen LogP contribution in [0.25, 0.3) is 0 Å². The van der Waals surface area contributed by atoms with Gasteiger partial charge in [-0.25, -0.2) is 0 Å². The van der Waals surface area contributed by atoms with Crippen LogP contribution in [0.15, 0.2) is 0 Å². The number of rotatable bonds is 11. The van der Waals surface area contributed by atoms with Crippen LogP contribution < -0.4 is 10.6 Å². The highest BCUT2D eigenvalue weighted by atomic mass is 32.2. The lowest BCUT2D eigenvalue weighted by Gasteiger charge is -2.15. The number of aryl methyl sites for hydroxylation is 2. The van der Waals surface area contributed by atoms with Crippen LogP contribution in [0.1, 0.15) is 36.7 Å². The highest BCUT2D eigenvalue weighted by Crippen LogP contribution is 2.23. The quantitative estimate of drug-likeness (QED) is 0.489. The number of nitrogens with one attached hydrogen (secondary N) is 2. The molecule has 2 aromatic rings. The summed E-state index contributed by atoms with van der Waals surface area (Å²) in [7, 11) is 0. The Morgan fingerprint density at radius 2 is 1.21 bits per heavy atom. The molecule has 0 saturated heterocycles. The highest BCUT2D eigenvalue weighted by Gasteiger charge is 2.21. The molecule has 2 amide bonds. The number of thioether (sulfide) groups is 2. The fourth-order valence-electron chi connectivity index (χ4n) is 2.20. The molecule has 0 aliphatic rings. The molecule has 2 atom stereocenters. The monoisotopic (exact) mass is 460 g/mol. The third kappa shape index (κ3) is 7.30. The molecule has 0 bridgehead atoms. The van der Waals surface area contributed by atoms with Gasteiger partial charge in [0.2, 0.25) is 22.1 Å². The molecule has 2 heterocycles. The van der Waals surface area contributed by atoms with E-state index in [1.54, 1.807) is 23.5 Å². The molecule has 2 aromatic heterocycles. The normalized spacial score (nSPS) is 13.1. The Morgan fingerprint density at radius 3 is 1.50 bits per heavy atom. The largest absolute Gasteiger partial charge is 0.300 e. The maximum atomic E-state index is 12.4. The van der Waals surface area contributed by atoms with Crippen molar-refractivity contribution in [3.05, 3.63) is 10.0 Å². The smallest absolute Gasteiger partial charge is 0.239 e. The van der Waals surface area contributed by atoms with Gasteiger partial charge in [-0.05, 0) is 26.7 Å². The van der Waals surface area contributed by atoms with Crippen molar-refractivity contribution in [1.82, 2.24) is 20.4 Å². The van der Waals surface area contributed by atoms with E-state index >= 15 is 0 Å². The first-order chi connectivity index (χ1) is 13.4. The second kappa shape index (κ2) is 11.7. The first kappa shape index (κ1) is 23.0. The van der Waals surface area contributed by atoms with E-state index in [4.69, 9.17) is 0 Å². The zero-order chi connectivity index (χ0) is 20.5. The minimum absolute atomic E-state index is 0.0509. The molecule has 0 radical (unpaired) electrons. The van der Waals surface area contributed by atoms with E-state index in [2.05, 4.69) is 31.0 Å². The third-order valence-corrected chi connectivity index (χ3v) is 8.11. The van der Waals surface area contributed by atoms with Crippen LogP contribution in [0.2, 0.25) is 0 Å². The van der Waals surface area contributed by atoms with Gasteiger partial charge in [-0.2, -0.15) is 0 Å². The molecule has 0 fully saturated rings. The van der Waals surface area contributed by atoms with E-state index in [0.717, 1.165) is 34.4 Å². The van der Waals surface area contributed by atoms with Crippen molar-refractivity contribution in [3.8, 4) is 0 Å². The van der Waals surface area contributed by atoms with Crippen LogP contribution in [0, 0.1) is 13.8 Å². The van der Waals surface area contributed by atoms with Gasteiger partial charge in [0.15, 0.2) is 0 Å². The highest BCUT2D eigenvalue weighted by molar-refractivity contribution is 8.04. The Labute approximate surface area is 181 Å². The summed E-state index contributed by atoms with van der Waals surface area (Å²) in [6.45, 7) is 7.68. The van der Waals surface area contributed by atoms with E-state index in [0.29, 0.717) is 10.3 Å². The lowest BCUT2D eigenvalue weighted by molar-refractivity contribution is -0.116. The van der Waals surface area contributed by atoms with Crippen molar-refractivity contribution in [2.75, 3.05) is 22.1 Å². The minimum atomic E-state index is -0.150. The number of amides is 2. The van der Waals surface area contributed by atoms with Gasteiger partial charge in [0.05, 0.1) is 10.5 Å². The number of anilines is 2. The molecule has 28 heavy (non-hydrogen) atoms. The first-order valence-electron chi connectivity index (χ1n) is 8.88. The lowest BCUT2D eigenvalue weighted by atomic mass is 10.3. The van der Waals surface area contributed by atoms with Gasteiger partial charge in [0.25, 0.3) is 0 Å². The van der Waals surface area contributed by atoms with E-state index in [-0.39, 0.29) is 22.3 Å². The van der Waals surface area contributed by atoms with E-state index in [1.807, 2.05) is 27.7 Å². The Bertz CT molecular complexity index is 717. The third-order valence-electron chi connectivity index (χ3n) is 3.56. The van der Waals surface area contributed by atoms with E-state index in [1.165, 1.54) is 22.7 Å². The van der Waals surface area contributed by atoms with E-state index < -0.39 is 0 Å². The molecule has 0 aromatic carbocycles. The lowest BCUT2D eigenvalue weighted by Crippen LogP contribution is -2.26. The molecular formula is C16H24N6O2S4. The van der Waals surface area contributed by atoms with Gasteiger partial charge in [0.1, 0.15) is 10.0 Å². The second-order valence-electron chi connectivity index (χ2n) is 5.77. The molecule has 0 unspecified atom stereocenters. The molecule has 2 rings (SSSR count). The average molecular weight is 461 g/mol. The van der Waals surface area contributed by atoms with Gasteiger partial charge < -0.3 is 0 Å². The Morgan fingerprint density at radius 1 is 0.821 bits per heavy atom. The van der Waals surface area contributed by atoms with Crippen molar-refractivity contribution in [3.63, 3.8) is 0 Å². The zero-order valence-electron chi connectivity index (χ0n) is 16.2. The number of carbonyl (C=O) groups excluding carboxylic acids is 2. The molecule has 0 spiro atoms.